The normalized spacial score (nSPS) is 13.4. The van der Waals surface area contributed by atoms with Crippen LogP contribution in [0.5, 0.6) is 5.88 Å². The summed E-state index contributed by atoms with van der Waals surface area (Å²) in [4.78, 5) is 13.4. The molecular formula is C23H18ClFN4O. The summed E-state index contributed by atoms with van der Waals surface area (Å²) in [5.74, 6) is 0.346. The van der Waals surface area contributed by atoms with Crippen molar-refractivity contribution in [1.29, 1.82) is 0 Å². The van der Waals surface area contributed by atoms with Crippen molar-refractivity contribution in [2.24, 2.45) is 0 Å². The van der Waals surface area contributed by atoms with E-state index in [9.17, 15) is 4.39 Å². The summed E-state index contributed by atoms with van der Waals surface area (Å²) >= 11 is 6.13. The molecule has 30 heavy (non-hydrogen) atoms. The van der Waals surface area contributed by atoms with Gasteiger partial charge in [0, 0.05) is 46.0 Å². The minimum absolute atomic E-state index is 0.346. The Morgan fingerprint density at radius 2 is 1.93 bits per heavy atom. The van der Waals surface area contributed by atoms with Gasteiger partial charge in [-0.1, -0.05) is 11.6 Å². The van der Waals surface area contributed by atoms with Crippen LogP contribution in [0.4, 0.5) is 15.8 Å². The highest BCUT2D eigenvalue weighted by atomic mass is 35.5. The molecule has 5 nitrogen and oxygen atoms in total. The van der Waals surface area contributed by atoms with Crippen LogP contribution >= 0.6 is 11.6 Å². The van der Waals surface area contributed by atoms with Crippen molar-refractivity contribution in [3.8, 4) is 17.0 Å². The van der Waals surface area contributed by atoms with Gasteiger partial charge in [-0.15, -0.1) is 0 Å². The smallest absolute Gasteiger partial charge is 0.221 e. The SMILES string of the molecule is COc1nc(C2CC2)c(Nc2ccnc3ccncc23)cc1-c1cc(Cl)ccc1F. The minimum Gasteiger partial charge on any atom is -0.481 e. The largest absolute Gasteiger partial charge is 0.481 e. The first kappa shape index (κ1) is 18.8. The number of ether oxygens (including phenoxy) is 1. The maximum Gasteiger partial charge on any atom is 0.221 e. The summed E-state index contributed by atoms with van der Waals surface area (Å²) in [5, 5.41) is 4.82. The Morgan fingerprint density at radius 3 is 2.73 bits per heavy atom. The zero-order valence-electron chi connectivity index (χ0n) is 16.2. The quantitative estimate of drug-likeness (QED) is 0.421. The first-order chi connectivity index (χ1) is 14.6. The van der Waals surface area contributed by atoms with E-state index in [1.165, 1.54) is 12.1 Å². The second-order valence-corrected chi connectivity index (χ2v) is 7.69. The van der Waals surface area contributed by atoms with E-state index in [4.69, 9.17) is 21.3 Å². The molecule has 1 aliphatic rings. The summed E-state index contributed by atoms with van der Waals surface area (Å²) in [6.45, 7) is 0. The summed E-state index contributed by atoms with van der Waals surface area (Å²) in [6, 6.07) is 10.1. The topological polar surface area (TPSA) is 59.9 Å². The van der Waals surface area contributed by atoms with Crippen LogP contribution in [0.2, 0.25) is 5.02 Å². The number of pyridine rings is 3. The predicted octanol–water partition coefficient (Wildman–Crippen LogP) is 6.11. The number of hydrogen-bond acceptors (Lipinski definition) is 5. The van der Waals surface area contributed by atoms with E-state index in [1.807, 2.05) is 18.2 Å². The molecule has 0 unspecified atom stereocenters. The molecule has 150 valence electrons. The Hall–Kier alpha value is -3.25. The second kappa shape index (κ2) is 7.54. The molecule has 0 spiro atoms. The number of nitrogens with zero attached hydrogens (tertiary/aromatic N) is 3. The predicted molar refractivity (Wildman–Crippen MR) is 116 cm³/mol. The van der Waals surface area contributed by atoms with Gasteiger partial charge in [0.1, 0.15) is 5.82 Å². The highest BCUT2D eigenvalue weighted by molar-refractivity contribution is 6.30. The lowest BCUT2D eigenvalue weighted by Crippen LogP contribution is -2.03. The first-order valence-corrected chi connectivity index (χ1v) is 10.0. The third kappa shape index (κ3) is 3.44. The number of fused-ring (bicyclic) bond motifs is 1. The first-order valence-electron chi connectivity index (χ1n) is 9.64. The minimum atomic E-state index is -0.386. The number of nitrogens with one attached hydrogen (secondary N) is 1. The molecule has 0 amide bonds. The maximum atomic E-state index is 14.6. The number of aromatic nitrogens is 3. The fraction of sp³-hybridized carbons (Fsp3) is 0.174. The van der Waals surface area contributed by atoms with Crippen molar-refractivity contribution < 1.29 is 9.13 Å². The van der Waals surface area contributed by atoms with Crippen LogP contribution in [0, 0.1) is 5.82 Å². The summed E-state index contributed by atoms with van der Waals surface area (Å²) in [5.41, 5.74) is 4.31. The van der Waals surface area contributed by atoms with Gasteiger partial charge in [0.05, 0.1) is 29.7 Å². The van der Waals surface area contributed by atoms with Crippen LogP contribution in [-0.2, 0) is 0 Å². The maximum absolute atomic E-state index is 14.6. The van der Waals surface area contributed by atoms with Gasteiger partial charge < -0.3 is 10.1 Å². The standard InChI is InChI=1S/C23H18ClFN4O/c1-30-23-16(15-10-14(24)4-5-18(15)25)11-21(22(29-23)13-2-3-13)28-20-7-9-27-19-6-8-26-12-17(19)20/h4-13H,2-3H2,1H3,(H,27,28). The van der Waals surface area contributed by atoms with Crippen LogP contribution in [0.3, 0.4) is 0 Å². The zero-order valence-corrected chi connectivity index (χ0v) is 16.9. The summed E-state index contributed by atoms with van der Waals surface area (Å²) in [7, 11) is 1.54. The molecule has 1 aliphatic carbocycles. The number of benzene rings is 1. The van der Waals surface area contributed by atoms with E-state index in [1.54, 1.807) is 31.8 Å². The number of methoxy groups -OCH3 is 1. The molecule has 0 atom stereocenters. The third-order valence-corrected chi connectivity index (χ3v) is 5.44. The van der Waals surface area contributed by atoms with Crippen LogP contribution in [0.15, 0.2) is 55.0 Å². The molecule has 1 fully saturated rings. The fourth-order valence-electron chi connectivity index (χ4n) is 3.57. The van der Waals surface area contributed by atoms with Crippen LogP contribution in [0.25, 0.3) is 22.0 Å². The van der Waals surface area contributed by atoms with Crippen molar-refractivity contribution in [2.45, 2.75) is 18.8 Å². The molecule has 0 radical (unpaired) electrons. The lowest BCUT2D eigenvalue weighted by Gasteiger charge is -2.17. The van der Waals surface area contributed by atoms with Crippen LogP contribution < -0.4 is 10.1 Å². The number of anilines is 2. The Bertz CT molecular complexity index is 1250. The lowest BCUT2D eigenvalue weighted by atomic mass is 10.0. The van der Waals surface area contributed by atoms with Crippen molar-refractivity contribution >= 4 is 33.9 Å². The molecule has 0 bridgehead atoms. The Balaban J connectivity index is 1.68. The fourth-order valence-corrected chi connectivity index (χ4v) is 3.75. The highest BCUT2D eigenvalue weighted by Gasteiger charge is 2.30. The van der Waals surface area contributed by atoms with Gasteiger partial charge in [-0.2, -0.15) is 0 Å². The molecular weight excluding hydrogens is 403 g/mol. The van der Waals surface area contributed by atoms with Crippen LogP contribution in [-0.4, -0.2) is 22.1 Å². The van der Waals surface area contributed by atoms with E-state index >= 15 is 0 Å². The van der Waals surface area contributed by atoms with Crippen molar-refractivity contribution in [1.82, 2.24) is 15.0 Å². The molecule has 1 N–H and O–H groups in total. The van der Waals surface area contributed by atoms with Gasteiger partial charge in [-0.3, -0.25) is 9.97 Å². The third-order valence-electron chi connectivity index (χ3n) is 5.21. The molecule has 5 rings (SSSR count). The Kier molecular flexibility index (Phi) is 4.71. The molecule has 0 aliphatic heterocycles. The average Bonchev–Trinajstić information content (AvgIpc) is 3.61. The van der Waals surface area contributed by atoms with E-state index < -0.39 is 0 Å². The second-order valence-electron chi connectivity index (χ2n) is 7.25. The highest BCUT2D eigenvalue weighted by Crippen LogP contribution is 2.46. The van der Waals surface area contributed by atoms with Gasteiger partial charge in [-0.25, -0.2) is 9.37 Å². The van der Waals surface area contributed by atoms with E-state index in [-0.39, 0.29) is 5.82 Å². The molecule has 3 heterocycles. The number of hydrogen-bond donors (Lipinski definition) is 1. The molecule has 7 heteroatoms. The zero-order chi connectivity index (χ0) is 20.7. The lowest BCUT2D eigenvalue weighted by molar-refractivity contribution is 0.398. The molecule has 3 aromatic heterocycles. The molecule has 1 saturated carbocycles. The van der Waals surface area contributed by atoms with E-state index in [0.717, 1.165) is 40.8 Å². The van der Waals surface area contributed by atoms with Gasteiger partial charge in [0.15, 0.2) is 0 Å². The van der Waals surface area contributed by atoms with Crippen LogP contribution in [0.1, 0.15) is 24.5 Å². The molecule has 1 aromatic carbocycles. The van der Waals surface area contributed by atoms with Crippen molar-refractivity contribution in [2.75, 3.05) is 12.4 Å². The summed E-state index contributed by atoms with van der Waals surface area (Å²) < 4.78 is 20.2. The molecule has 0 saturated heterocycles. The van der Waals surface area contributed by atoms with Gasteiger partial charge in [-0.05, 0) is 49.2 Å². The van der Waals surface area contributed by atoms with Gasteiger partial charge in [0.25, 0.3) is 0 Å². The Morgan fingerprint density at radius 1 is 1.07 bits per heavy atom. The van der Waals surface area contributed by atoms with E-state index in [0.29, 0.717) is 27.9 Å². The van der Waals surface area contributed by atoms with Crippen molar-refractivity contribution in [3.63, 3.8) is 0 Å². The monoisotopic (exact) mass is 420 g/mol. The molecule has 4 aromatic rings. The van der Waals surface area contributed by atoms with E-state index in [2.05, 4.69) is 15.3 Å². The number of halogens is 2. The summed E-state index contributed by atoms with van der Waals surface area (Å²) in [6.07, 6.45) is 7.36. The number of rotatable bonds is 5. The van der Waals surface area contributed by atoms with Gasteiger partial charge >= 0.3 is 0 Å². The average molecular weight is 421 g/mol. The van der Waals surface area contributed by atoms with Gasteiger partial charge in [0.2, 0.25) is 5.88 Å². The van der Waals surface area contributed by atoms with Crippen molar-refractivity contribution in [3.05, 3.63) is 71.5 Å². The Labute approximate surface area is 177 Å².